The van der Waals surface area contributed by atoms with Crippen LogP contribution < -0.4 is 16.0 Å². The summed E-state index contributed by atoms with van der Waals surface area (Å²) in [5.41, 5.74) is 0.421. The third-order valence-corrected chi connectivity index (χ3v) is 6.00. The molecule has 0 saturated carbocycles. The Morgan fingerprint density at radius 2 is 1.94 bits per heavy atom. The molecule has 0 aliphatic rings. The molecule has 0 fully saturated rings. The minimum atomic E-state index is -0.737. The van der Waals surface area contributed by atoms with Crippen molar-refractivity contribution in [1.82, 2.24) is 20.5 Å². The molecule has 1 aromatic heterocycles. The Bertz CT molecular complexity index is 1230. The highest BCUT2D eigenvalue weighted by Gasteiger charge is 2.24. The summed E-state index contributed by atoms with van der Waals surface area (Å²) in [6.07, 6.45) is 1.78. The second-order valence-corrected chi connectivity index (χ2v) is 8.58. The van der Waals surface area contributed by atoms with Crippen LogP contribution in [0, 0.1) is 5.82 Å². The molecule has 2 aromatic carbocycles. The van der Waals surface area contributed by atoms with E-state index in [0.717, 1.165) is 10.8 Å². The van der Waals surface area contributed by atoms with E-state index in [1.165, 1.54) is 24.1 Å². The summed E-state index contributed by atoms with van der Waals surface area (Å²) in [6, 6.07) is 12.3. The summed E-state index contributed by atoms with van der Waals surface area (Å²) < 4.78 is 19.0. The lowest BCUT2D eigenvalue weighted by atomic mass is 10.1. The third-order valence-electron chi connectivity index (χ3n) is 5.58. The Hall–Kier alpha value is -3.92. The lowest BCUT2D eigenvalue weighted by Crippen LogP contribution is -2.48. The predicted octanol–water partition coefficient (Wildman–Crippen LogP) is 4.31. The fourth-order valence-electron chi connectivity index (χ4n) is 3.54. The average molecular weight is 516 g/mol. The number of carbonyl (C=O) groups is 3. The molecule has 0 spiro atoms. The molecule has 0 aliphatic carbocycles. The lowest BCUT2D eigenvalue weighted by Gasteiger charge is -2.30. The van der Waals surface area contributed by atoms with E-state index < -0.39 is 24.0 Å². The van der Waals surface area contributed by atoms with E-state index in [4.69, 9.17) is 16.3 Å². The highest BCUT2D eigenvalue weighted by atomic mass is 35.5. The number of rotatable bonds is 10. The van der Waals surface area contributed by atoms with Gasteiger partial charge in [0.05, 0.1) is 11.1 Å². The molecular weight excluding hydrogens is 489 g/mol. The maximum absolute atomic E-state index is 13.7. The first-order valence-electron chi connectivity index (χ1n) is 11.2. The summed E-state index contributed by atoms with van der Waals surface area (Å²) in [7, 11) is 1.53. The predicted molar refractivity (Wildman–Crippen MR) is 135 cm³/mol. The first-order valence-corrected chi connectivity index (χ1v) is 11.6. The summed E-state index contributed by atoms with van der Waals surface area (Å²) in [5, 5.41) is 9.65. The molecule has 4 amide bonds. The zero-order valence-electron chi connectivity index (χ0n) is 19.8. The largest absolute Gasteiger partial charge is 0.447 e. The second kappa shape index (κ2) is 12.7. The SMILES string of the molecule is CC(C[C@@H](COC(=O)Nc1cc2ccccc2cn1)N(C)C(=O)NCc1cccc(F)c1Cl)NC=O. The van der Waals surface area contributed by atoms with Gasteiger partial charge in [0.2, 0.25) is 6.41 Å². The molecule has 3 N–H and O–H groups in total. The number of fused-ring (bicyclic) bond motifs is 1. The molecule has 0 saturated heterocycles. The number of pyridine rings is 1. The number of hydrogen-bond acceptors (Lipinski definition) is 5. The molecule has 2 atom stereocenters. The maximum atomic E-state index is 13.7. The van der Waals surface area contributed by atoms with E-state index in [9.17, 15) is 18.8 Å². The average Bonchev–Trinajstić information content (AvgIpc) is 2.86. The molecule has 190 valence electrons. The van der Waals surface area contributed by atoms with Gasteiger partial charge in [0.15, 0.2) is 0 Å². The van der Waals surface area contributed by atoms with Crippen LogP contribution in [0.3, 0.4) is 0 Å². The molecule has 36 heavy (non-hydrogen) atoms. The van der Waals surface area contributed by atoms with Crippen LogP contribution in [0.5, 0.6) is 0 Å². The van der Waals surface area contributed by atoms with E-state index in [0.29, 0.717) is 24.2 Å². The summed E-state index contributed by atoms with van der Waals surface area (Å²) >= 11 is 5.95. The van der Waals surface area contributed by atoms with E-state index in [-0.39, 0.29) is 24.2 Å². The van der Waals surface area contributed by atoms with Gasteiger partial charge >= 0.3 is 12.1 Å². The van der Waals surface area contributed by atoms with Crippen molar-refractivity contribution >= 4 is 46.7 Å². The van der Waals surface area contributed by atoms with Crippen LogP contribution in [0.15, 0.2) is 54.7 Å². The van der Waals surface area contributed by atoms with Crippen molar-refractivity contribution in [2.45, 2.75) is 32.0 Å². The number of benzene rings is 2. The topological polar surface area (TPSA) is 113 Å². The van der Waals surface area contributed by atoms with E-state index in [1.807, 2.05) is 24.3 Å². The number of amides is 4. The van der Waals surface area contributed by atoms with Crippen LogP contribution in [0.2, 0.25) is 5.02 Å². The van der Waals surface area contributed by atoms with Crippen molar-refractivity contribution < 1.29 is 23.5 Å². The van der Waals surface area contributed by atoms with Gasteiger partial charge in [0, 0.05) is 31.2 Å². The molecule has 3 aromatic rings. The van der Waals surface area contributed by atoms with Gasteiger partial charge in [0.25, 0.3) is 0 Å². The number of hydrogen-bond donors (Lipinski definition) is 3. The van der Waals surface area contributed by atoms with Crippen LogP contribution in [0.25, 0.3) is 10.8 Å². The fourth-order valence-corrected chi connectivity index (χ4v) is 3.73. The number of likely N-dealkylation sites (N-methyl/N-ethyl adjacent to an activating group) is 1. The first kappa shape index (κ1) is 26.7. The molecule has 1 unspecified atom stereocenters. The summed E-state index contributed by atoms with van der Waals surface area (Å²) in [4.78, 5) is 41.6. The van der Waals surface area contributed by atoms with E-state index >= 15 is 0 Å². The fraction of sp³-hybridized carbons (Fsp3) is 0.280. The van der Waals surface area contributed by atoms with Crippen molar-refractivity contribution in [2.75, 3.05) is 19.0 Å². The van der Waals surface area contributed by atoms with Crippen molar-refractivity contribution in [2.24, 2.45) is 0 Å². The van der Waals surface area contributed by atoms with Crippen molar-refractivity contribution in [3.05, 3.63) is 71.1 Å². The van der Waals surface area contributed by atoms with Gasteiger partial charge in [-0.15, -0.1) is 0 Å². The molecular formula is C25H27ClFN5O4. The highest BCUT2D eigenvalue weighted by Crippen LogP contribution is 2.20. The number of aromatic nitrogens is 1. The molecule has 0 bridgehead atoms. The number of nitrogens with one attached hydrogen (secondary N) is 3. The summed E-state index contributed by atoms with van der Waals surface area (Å²) in [6.45, 7) is 1.62. The van der Waals surface area contributed by atoms with Crippen molar-refractivity contribution in [3.63, 3.8) is 0 Å². The monoisotopic (exact) mass is 515 g/mol. The van der Waals surface area contributed by atoms with Crippen LogP contribution in [0.4, 0.5) is 19.8 Å². The van der Waals surface area contributed by atoms with E-state index in [1.54, 1.807) is 25.3 Å². The van der Waals surface area contributed by atoms with Gasteiger partial charge in [-0.3, -0.25) is 10.1 Å². The number of carbonyl (C=O) groups excluding carboxylic acids is 3. The van der Waals surface area contributed by atoms with E-state index in [2.05, 4.69) is 20.9 Å². The zero-order valence-corrected chi connectivity index (χ0v) is 20.6. The Morgan fingerprint density at radius 1 is 1.19 bits per heavy atom. The zero-order chi connectivity index (χ0) is 26.1. The Balaban J connectivity index is 1.61. The van der Waals surface area contributed by atoms with Crippen molar-refractivity contribution in [1.29, 1.82) is 0 Å². The number of anilines is 1. The Labute approximate surface area is 213 Å². The lowest BCUT2D eigenvalue weighted by molar-refractivity contribution is -0.110. The minimum absolute atomic E-state index is 0.00358. The Morgan fingerprint density at radius 3 is 2.69 bits per heavy atom. The van der Waals surface area contributed by atoms with Crippen molar-refractivity contribution in [3.8, 4) is 0 Å². The first-order chi connectivity index (χ1) is 17.3. The van der Waals surface area contributed by atoms with Crippen LogP contribution >= 0.6 is 11.6 Å². The molecule has 9 nitrogen and oxygen atoms in total. The van der Waals surface area contributed by atoms with Gasteiger partial charge < -0.3 is 20.3 Å². The number of ether oxygens (including phenoxy) is 1. The maximum Gasteiger partial charge on any atom is 0.412 e. The molecule has 11 heteroatoms. The normalized spacial score (nSPS) is 12.3. The van der Waals surface area contributed by atoms with Crippen LogP contribution in [0.1, 0.15) is 18.9 Å². The number of halogens is 2. The van der Waals surface area contributed by atoms with Gasteiger partial charge in [-0.05, 0) is 36.4 Å². The number of urea groups is 1. The highest BCUT2D eigenvalue weighted by molar-refractivity contribution is 6.31. The van der Waals surface area contributed by atoms with Gasteiger partial charge in [-0.1, -0.05) is 48.0 Å². The number of nitrogens with zero attached hydrogens (tertiary/aromatic N) is 2. The minimum Gasteiger partial charge on any atom is -0.447 e. The molecule has 0 radical (unpaired) electrons. The quantitative estimate of drug-likeness (QED) is 0.348. The molecule has 1 heterocycles. The Kier molecular flexibility index (Phi) is 9.40. The van der Waals surface area contributed by atoms with Gasteiger partial charge in [-0.25, -0.2) is 19.0 Å². The van der Waals surface area contributed by atoms with Crippen LogP contribution in [-0.2, 0) is 16.1 Å². The summed E-state index contributed by atoms with van der Waals surface area (Å²) in [5.74, 6) is -0.256. The molecule has 0 aliphatic heterocycles. The third kappa shape index (κ3) is 7.29. The smallest absolute Gasteiger partial charge is 0.412 e. The standard InChI is InChI=1S/C25H27ClFN5O4/c1-16(30-15-33)10-20(32(2)24(34)29-13-19-8-5-9-21(27)23(19)26)14-36-25(35)31-22-11-17-6-3-4-7-18(17)12-28-22/h3-9,11-12,15-16,20H,10,13-14H2,1-2H3,(H,29,34)(H,30,33)(H,28,31,35)/t16?,20-/m0/s1. The van der Waals surface area contributed by atoms with Crippen LogP contribution in [-0.4, -0.2) is 54.2 Å². The molecule has 3 rings (SSSR count). The van der Waals surface area contributed by atoms with Gasteiger partial charge in [-0.2, -0.15) is 0 Å². The second-order valence-electron chi connectivity index (χ2n) is 8.20. The van der Waals surface area contributed by atoms with Gasteiger partial charge in [0.1, 0.15) is 18.2 Å².